The van der Waals surface area contributed by atoms with E-state index in [4.69, 9.17) is 11.5 Å². The van der Waals surface area contributed by atoms with Crippen molar-refractivity contribution in [2.24, 2.45) is 11.5 Å². The van der Waals surface area contributed by atoms with Gasteiger partial charge in [0.1, 0.15) is 0 Å². The molecule has 0 radical (unpaired) electrons. The van der Waals surface area contributed by atoms with E-state index in [-0.39, 0.29) is 5.91 Å². The van der Waals surface area contributed by atoms with Crippen LogP contribution in [0.5, 0.6) is 0 Å². The van der Waals surface area contributed by atoms with E-state index in [1.54, 1.807) is 6.08 Å². The van der Waals surface area contributed by atoms with Crippen molar-refractivity contribution in [3.05, 3.63) is 12.2 Å². The Kier molecular flexibility index (Phi) is 5.69. The molecule has 0 aromatic heterocycles. The molecular formula is C8H14N2O2. The van der Waals surface area contributed by atoms with Crippen molar-refractivity contribution < 1.29 is 9.59 Å². The molecule has 0 bridgehead atoms. The smallest absolute Gasteiger partial charge is 0.241 e. The van der Waals surface area contributed by atoms with Crippen LogP contribution in [0, 0.1) is 0 Å². The third-order valence-electron chi connectivity index (χ3n) is 1.33. The van der Waals surface area contributed by atoms with E-state index in [0.29, 0.717) is 6.42 Å². The zero-order valence-electron chi connectivity index (χ0n) is 6.95. The third-order valence-corrected chi connectivity index (χ3v) is 1.33. The highest BCUT2D eigenvalue weighted by molar-refractivity contribution is 5.85. The molecule has 0 fully saturated rings. The fraction of sp³-hybridized carbons (Fsp3) is 0.500. The van der Waals surface area contributed by atoms with Gasteiger partial charge in [0.25, 0.3) is 0 Å². The summed E-state index contributed by atoms with van der Waals surface area (Å²) in [7, 11) is 0. The van der Waals surface area contributed by atoms with E-state index in [1.807, 2.05) is 0 Å². The molecule has 0 atom stereocenters. The van der Waals surface area contributed by atoms with Gasteiger partial charge in [0.15, 0.2) is 0 Å². The number of hydrogen-bond donors (Lipinski definition) is 2. The molecule has 0 saturated carbocycles. The zero-order chi connectivity index (χ0) is 9.40. The summed E-state index contributed by atoms with van der Waals surface area (Å²) in [5.74, 6) is -0.723. The second kappa shape index (κ2) is 6.39. The lowest BCUT2D eigenvalue weighted by Crippen LogP contribution is -2.09. The Hall–Kier alpha value is -1.32. The minimum atomic E-state index is -0.440. The van der Waals surface area contributed by atoms with E-state index in [9.17, 15) is 9.59 Å². The molecule has 68 valence electrons. The van der Waals surface area contributed by atoms with Crippen molar-refractivity contribution in [3.63, 3.8) is 0 Å². The molecule has 2 amide bonds. The molecule has 0 unspecified atom stereocenters. The van der Waals surface area contributed by atoms with Crippen LogP contribution in [0.1, 0.15) is 25.7 Å². The number of amides is 2. The van der Waals surface area contributed by atoms with Crippen LogP contribution in [-0.4, -0.2) is 11.8 Å². The highest BCUT2D eigenvalue weighted by atomic mass is 16.1. The Morgan fingerprint density at radius 3 is 2.33 bits per heavy atom. The first-order valence-electron chi connectivity index (χ1n) is 3.87. The summed E-state index contributed by atoms with van der Waals surface area (Å²) in [5, 5.41) is 0. The Labute approximate surface area is 71.6 Å². The number of carbonyl (C=O) groups is 2. The molecule has 0 aliphatic carbocycles. The Morgan fingerprint density at radius 1 is 1.17 bits per heavy atom. The van der Waals surface area contributed by atoms with Gasteiger partial charge in [0, 0.05) is 6.42 Å². The van der Waals surface area contributed by atoms with E-state index < -0.39 is 5.91 Å². The molecule has 0 rings (SSSR count). The minimum absolute atomic E-state index is 0.283. The van der Waals surface area contributed by atoms with Gasteiger partial charge < -0.3 is 11.5 Å². The SMILES string of the molecule is NC(=O)/C=C/CCCCC(N)=O. The van der Waals surface area contributed by atoms with Crippen molar-refractivity contribution in [1.29, 1.82) is 0 Å². The Morgan fingerprint density at radius 2 is 1.83 bits per heavy atom. The highest BCUT2D eigenvalue weighted by Crippen LogP contribution is 1.99. The van der Waals surface area contributed by atoms with Crippen molar-refractivity contribution in [2.75, 3.05) is 0 Å². The van der Waals surface area contributed by atoms with Crippen LogP contribution in [0.3, 0.4) is 0 Å². The van der Waals surface area contributed by atoms with Crippen molar-refractivity contribution in [3.8, 4) is 0 Å². The summed E-state index contributed by atoms with van der Waals surface area (Å²) in [6.45, 7) is 0. The average molecular weight is 170 g/mol. The van der Waals surface area contributed by atoms with E-state index in [0.717, 1.165) is 19.3 Å². The first-order chi connectivity index (χ1) is 5.63. The molecule has 0 aliphatic rings. The van der Waals surface area contributed by atoms with Crippen LogP contribution in [0.2, 0.25) is 0 Å². The quantitative estimate of drug-likeness (QED) is 0.436. The second-order valence-corrected chi connectivity index (χ2v) is 2.52. The van der Waals surface area contributed by atoms with Crippen molar-refractivity contribution >= 4 is 11.8 Å². The van der Waals surface area contributed by atoms with Crippen LogP contribution < -0.4 is 11.5 Å². The molecular weight excluding hydrogens is 156 g/mol. The lowest BCUT2D eigenvalue weighted by atomic mass is 10.2. The zero-order valence-corrected chi connectivity index (χ0v) is 6.95. The molecule has 0 spiro atoms. The van der Waals surface area contributed by atoms with Crippen LogP contribution in [-0.2, 0) is 9.59 Å². The summed E-state index contributed by atoms with van der Waals surface area (Å²) in [6.07, 6.45) is 5.80. The normalized spacial score (nSPS) is 10.3. The monoisotopic (exact) mass is 170 g/mol. The average Bonchev–Trinajstić information content (AvgIpc) is 1.95. The summed E-state index contributed by atoms with van der Waals surface area (Å²) in [4.78, 5) is 20.5. The Balaban J connectivity index is 3.21. The van der Waals surface area contributed by atoms with Crippen LogP contribution in [0.25, 0.3) is 0 Å². The van der Waals surface area contributed by atoms with Gasteiger partial charge in [-0.15, -0.1) is 0 Å². The van der Waals surface area contributed by atoms with Crippen LogP contribution in [0.15, 0.2) is 12.2 Å². The number of primary amides is 2. The number of hydrogen-bond acceptors (Lipinski definition) is 2. The molecule has 0 aromatic carbocycles. The standard InChI is InChI=1S/C8H14N2O2/c9-7(11)5-3-1-2-4-6-8(10)12/h3,5H,1-2,4,6H2,(H2,9,11)(H2,10,12)/b5-3+. The molecule has 4 nitrogen and oxygen atoms in total. The predicted octanol–water partition coefficient (Wildman–Crippen LogP) is 0.0736. The molecule has 4 N–H and O–H groups in total. The third kappa shape index (κ3) is 8.68. The highest BCUT2D eigenvalue weighted by Gasteiger charge is 1.92. The molecule has 0 heterocycles. The largest absolute Gasteiger partial charge is 0.370 e. The van der Waals surface area contributed by atoms with Gasteiger partial charge >= 0.3 is 0 Å². The summed E-state index contributed by atoms with van der Waals surface area (Å²) >= 11 is 0. The second-order valence-electron chi connectivity index (χ2n) is 2.52. The maximum atomic E-state index is 10.3. The van der Waals surface area contributed by atoms with Gasteiger partial charge in [-0.2, -0.15) is 0 Å². The number of rotatable bonds is 6. The van der Waals surface area contributed by atoms with E-state index in [1.165, 1.54) is 6.08 Å². The van der Waals surface area contributed by atoms with Gasteiger partial charge in [-0.05, 0) is 25.3 Å². The molecule has 0 aliphatic heterocycles. The fourth-order valence-corrected chi connectivity index (χ4v) is 0.761. The van der Waals surface area contributed by atoms with Crippen molar-refractivity contribution in [1.82, 2.24) is 0 Å². The molecule has 12 heavy (non-hydrogen) atoms. The molecule has 0 aromatic rings. The first-order valence-corrected chi connectivity index (χ1v) is 3.87. The van der Waals surface area contributed by atoms with Gasteiger partial charge in [-0.1, -0.05) is 6.08 Å². The van der Waals surface area contributed by atoms with Gasteiger partial charge in [-0.3, -0.25) is 9.59 Å². The maximum Gasteiger partial charge on any atom is 0.241 e. The summed E-state index contributed by atoms with van der Waals surface area (Å²) in [5.41, 5.74) is 9.78. The number of allylic oxidation sites excluding steroid dienone is 1. The van der Waals surface area contributed by atoms with E-state index >= 15 is 0 Å². The van der Waals surface area contributed by atoms with Gasteiger partial charge in [0.2, 0.25) is 11.8 Å². The lowest BCUT2D eigenvalue weighted by Gasteiger charge is -1.92. The number of unbranched alkanes of at least 4 members (excludes halogenated alkanes) is 2. The van der Waals surface area contributed by atoms with Gasteiger partial charge in [-0.25, -0.2) is 0 Å². The van der Waals surface area contributed by atoms with Crippen molar-refractivity contribution in [2.45, 2.75) is 25.7 Å². The number of carbonyl (C=O) groups excluding carboxylic acids is 2. The van der Waals surface area contributed by atoms with Crippen LogP contribution in [0.4, 0.5) is 0 Å². The lowest BCUT2D eigenvalue weighted by molar-refractivity contribution is -0.118. The maximum absolute atomic E-state index is 10.3. The minimum Gasteiger partial charge on any atom is -0.370 e. The topological polar surface area (TPSA) is 86.2 Å². The molecule has 4 heteroatoms. The predicted molar refractivity (Wildman–Crippen MR) is 46.0 cm³/mol. The van der Waals surface area contributed by atoms with Crippen LogP contribution >= 0.6 is 0 Å². The first kappa shape index (κ1) is 10.7. The van der Waals surface area contributed by atoms with Gasteiger partial charge in [0.05, 0.1) is 0 Å². The van der Waals surface area contributed by atoms with E-state index in [2.05, 4.69) is 0 Å². The summed E-state index contributed by atoms with van der Waals surface area (Å²) < 4.78 is 0. The molecule has 0 saturated heterocycles. The summed E-state index contributed by atoms with van der Waals surface area (Å²) in [6, 6.07) is 0. The Bertz CT molecular complexity index is 187. The number of nitrogens with two attached hydrogens (primary N) is 2. The fourth-order valence-electron chi connectivity index (χ4n) is 0.761.